The van der Waals surface area contributed by atoms with Gasteiger partial charge in [-0.05, 0) is 49.0 Å². The quantitative estimate of drug-likeness (QED) is 0.285. The predicted molar refractivity (Wildman–Crippen MR) is 177 cm³/mol. The van der Waals surface area contributed by atoms with Crippen molar-refractivity contribution in [3.8, 4) is 0 Å². The summed E-state index contributed by atoms with van der Waals surface area (Å²) in [6, 6.07) is 21.3. The van der Waals surface area contributed by atoms with Crippen LogP contribution in [-0.2, 0) is 19.1 Å². The fraction of sp³-hybridized carbons (Fsp3) is 0.273. The maximum atomic E-state index is 13.9. The van der Waals surface area contributed by atoms with Crippen LogP contribution in [0.5, 0.6) is 0 Å². The summed E-state index contributed by atoms with van der Waals surface area (Å²) >= 11 is 0. The normalized spacial score (nSPS) is 16.0. The summed E-state index contributed by atoms with van der Waals surface area (Å²) in [6.45, 7) is 3.55. The number of imide groups is 1. The first kappa shape index (κ1) is 33.3. The molecular formula is C33H37ClN6O5. The van der Waals surface area contributed by atoms with Gasteiger partial charge in [-0.2, -0.15) is 0 Å². The van der Waals surface area contributed by atoms with E-state index in [-0.39, 0.29) is 35.1 Å². The van der Waals surface area contributed by atoms with Crippen LogP contribution in [0.4, 0.5) is 17.1 Å². The number of fused-ring (bicyclic) bond motifs is 1. The van der Waals surface area contributed by atoms with Crippen LogP contribution in [0.1, 0.15) is 21.5 Å². The van der Waals surface area contributed by atoms with Crippen LogP contribution in [0.25, 0.3) is 11.3 Å². The van der Waals surface area contributed by atoms with Crippen molar-refractivity contribution in [3.63, 3.8) is 0 Å². The summed E-state index contributed by atoms with van der Waals surface area (Å²) in [5.74, 6) is -1.75. The number of anilines is 3. The van der Waals surface area contributed by atoms with E-state index >= 15 is 0 Å². The van der Waals surface area contributed by atoms with Crippen LogP contribution in [0.3, 0.4) is 0 Å². The summed E-state index contributed by atoms with van der Waals surface area (Å²) in [5, 5.41) is 3.38. The van der Waals surface area contributed by atoms with Crippen molar-refractivity contribution in [2.75, 3.05) is 75.6 Å². The highest BCUT2D eigenvalue weighted by atomic mass is 35.5. The lowest BCUT2D eigenvalue weighted by Crippen LogP contribution is -2.48. The number of carbonyl (C=O) groups excluding carboxylic acids is 4. The van der Waals surface area contributed by atoms with Crippen molar-refractivity contribution in [1.29, 1.82) is 0 Å². The SMILES string of the molecule is COC(=O)c1ccc2c(c1)N(C(=O)CN)C(=O)/C2=C(\Nc1ccc(N(C)C(=O)CN2CCN(C)CC2)cc1)c1ccccc1.Cl. The zero-order valence-corrected chi connectivity index (χ0v) is 26.3. The lowest BCUT2D eigenvalue weighted by Gasteiger charge is -2.32. The molecule has 0 aliphatic carbocycles. The molecule has 45 heavy (non-hydrogen) atoms. The Morgan fingerprint density at radius 3 is 2.22 bits per heavy atom. The number of nitrogens with zero attached hydrogens (tertiary/aromatic N) is 4. The summed E-state index contributed by atoms with van der Waals surface area (Å²) in [7, 11) is 5.11. The monoisotopic (exact) mass is 632 g/mol. The molecular weight excluding hydrogens is 596 g/mol. The van der Waals surface area contributed by atoms with Gasteiger partial charge in [-0.1, -0.05) is 36.4 Å². The topological polar surface area (TPSA) is 129 Å². The third kappa shape index (κ3) is 7.07. The van der Waals surface area contributed by atoms with Crippen molar-refractivity contribution in [2.45, 2.75) is 0 Å². The summed E-state index contributed by atoms with van der Waals surface area (Å²) in [4.78, 5) is 59.1. The van der Waals surface area contributed by atoms with Crippen molar-refractivity contribution in [2.24, 2.45) is 5.73 Å². The molecule has 0 radical (unpaired) electrons. The molecule has 2 aliphatic rings. The van der Waals surface area contributed by atoms with Gasteiger partial charge in [-0.3, -0.25) is 19.3 Å². The minimum atomic E-state index is -0.602. The third-order valence-electron chi connectivity index (χ3n) is 7.94. The van der Waals surface area contributed by atoms with Gasteiger partial charge in [-0.25, -0.2) is 9.69 Å². The van der Waals surface area contributed by atoms with E-state index in [4.69, 9.17) is 10.5 Å². The second-order valence-corrected chi connectivity index (χ2v) is 10.8. The van der Waals surface area contributed by atoms with E-state index < -0.39 is 24.3 Å². The van der Waals surface area contributed by atoms with E-state index in [1.165, 1.54) is 13.2 Å². The molecule has 11 nitrogen and oxygen atoms in total. The van der Waals surface area contributed by atoms with Gasteiger partial charge in [0.15, 0.2) is 0 Å². The fourth-order valence-corrected chi connectivity index (χ4v) is 5.33. The first-order valence-electron chi connectivity index (χ1n) is 14.4. The van der Waals surface area contributed by atoms with Crippen molar-refractivity contribution in [1.82, 2.24) is 9.80 Å². The van der Waals surface area contributed by atoms with E-state index in [0.717, 1.165) is 36.8 Å². The molecule has 3 amide bonds. The number of hydrogen-bond acceptors (Lipinski definition) is 9. The zero-order chi connectivity index (χ0) is 31.4. The van der Waals surface area contributed by atoms with Crippen LogP contribution in [0.2, 0.25) is 0 Å². The first-order chi connectivity index (χ1) is 21.2. The van der Waals surface area contributed by atoms with Crippen LogP contribution in [0.15, 0.2) is 72.8 Å². The number of halogens is 1. The number of esters is 1. The molecule has 2 aliphatic heterocycles. The van der Waals surface area contributed by atoms with E-state index in [9.17, 15) is 19.2 Å². The molecule has 2 heterocycles. The average molecular weight is 633 g/mol. The molecule has 0 bridgehead atoms. The zero-order valence-electron chi connectivity index (χ0n) is 25.5. The molecule has 1 saturated heterocycles. The Balaban J connectivity index is 0.00000461. The Morgan fingerprint density at radius 2 is 1.60 bits per heavy atom. The highest BCUT2D eigenvalue weighted by Crippen LogP contribution is 2.42. The molecule has 3 aromatic carbocycles. The highest BCUT2D eigenvalue weighted by molar-refractivity contribution is 6.44. The van der Waals surface area contributed by atoms with Gasteiger partial charge in [0, 0.05) is 50.2 Å². The number of hydrogen-bond donors (Lipinski definition) is 2. The number of nitrogens with one attached hydrogen (secondary N) is 1. The number of benzene rings is 3. The number of carbonyl (C=O) groups is 4. The van der Waals surface area contributed by atoms with Gasteiger partial charge in [0.1, 0.15) is 0 Å². The average Bonchev–Trinajstić information content (AvgIpc) is 3.34. The lowest BCUT2D eigenvalue weighted by atomic mass is 9.99. The van der Waals surface area contributed by atoms with Gasteiger partial charge >= 0.3 is 5.97 Å². The smallest absolute Gasteiger partial charge is 0.337 e. The lowest BCUT2D eigenvalue weighted by molar-refractivity contribution is -0.123. The number of likely N-dealkylation sites (N-methyl/N-ethyl adjacent to an activating group) is 2. The van der Waals surface area contributed by atoms with Gasteiger partial charge in [0.2, 0.25) is 11.8 Å². The summed E-state index contributed by atoms with van der Waals surface area (Å²) in [5.41, 5.74) is 9.45. The Hall–Kier alpha value is -4.55. The molecule has 3 N–H and O–H groups in total. The van der Waals surface area contributed by atoms with E-state index in [1.807, 2.05) is 54.6 Å². The number of piperazine rings is 1. The number of methoxy groups -OCH3 is 1. The van der Waals surface area contributed by atoms with E-state index in [0.29, 0.717) is 29.1 Å². The van der Waals surface area contributed by atoms with Crippen LogP contribution in [-0.4, -0.2) is 94.0 Å². The summed E-state index contributed by atoms with van der Waals surface area (Å²) in [6.07, 6.45) is 0. The molecule has 0 atom stereocenters. The molecule has 0 aromatic heterocycles. The van der Waals surface area contributed by atoms with Gasteiger partial charge in [-0.15, -0.1) is 12.4 Å². The second-order valence-electron chi connectivity index (χ2n) is 10.8. The highest BCUT2D eigenvalue weighted by Gasteiger charge is 2.39. The van der Waals surface area contributed by atoms with Crippen molar-refractivity contribution < 1.29 is 23.9 Å². The molecule has 0 unspecified atom stereocenters. The molecule has 0 spiro atoms. The molecule has 12 heteroatoms. The number of ether oxygens (including phenoxy) is 1. The van der Waals surface area contributed by atoms with Gasteiger partial charge in [0.05, 0.1) is 42.7 Å². The summed E-state index contributed by atoms with van der Waals surface area (Å²) < 4.78 is 4.85. The largest absolute Gasteiger partial charge is 0.465 e. The van der Waals surface area contributed by atoms with Crippen LogP contribution in [0, 0.1) is 0 Å². The number of nitrogens with two attached hydrogens (primary N) is 1. The van der Waals surface area contributed by atoms with Crippen molar-refractivity contribution in [3.05, 3.63) is 89.5 Å². The Bertz CT molecular complexity index is 1600. The Labute approximate surface area is 268 Å². The van der Waals surface area contributed by atoms with Gasteiger partial charge in [0.25, 0.3) is 5.91 Å². The predicted octanol–water partition coefficient (Wildman–Crippen LogP) is 2.92. The van der Waals surface area contributed by atoms with Crippen LogP contribution >= 0.6 is 12.4 Å². The molecule has 0 saturated carbocycles. The van der Waals surface area contributed by atoms with Crippen molar-refractivity contribution >= 4 is 64.4 Å². The molecule has 1 fully saturated rings. The molecule has 3 aromatic rings. The van der Waals surface area contributed by atoms with Gasteiger partial charge < -0.3 is 25.6 Å². The maximum Gasteiger partial charge on any atom is 0.337 e. The number of amides is 3. The minimum Gasteiger partial charge on any atom is -0.465 e. The fourth-order valence-electron chi connectivity index (χ4n) is 5.33. The minimum absolute atomic E-state index is 0. The number of rotatable bonds is 8. The van der Waals surface area contributed by atoms with Crippen LogP contribution < -0.4 is 20.9 Å². The molecule has 5 rings (SSSR count). The Kier molecular flexibility index (Phi) is 10.7. The first-order valence-corrected chi connectivity index (χ1v) is 14.4. The van der Waals surface area contributed by atoms with E-state index in [1.54, 1.807) is 24.1 Å². The standard InChI is InChI=1S/C33H36N6O5.ClH/c1-36-15-17-38(18-16-36)21-29(41)37(2)25-12-10-24(11-13-25)35-31(22-7-5-4-6-8-22)30-26-14-9-23(33(43)44-3)19-27(26)39(32(30)42)28(40)20-34;/h4-14,19,35H,15-18,20-21,34H2,1-3H3;1H/b31-30-;. The molecule has 236 valence electrons. The van der Waals surface area contributed by atoms with E-state index in [2.05, 4.69) is 22.2 Å². The third-order valence-corrected chi connectivity index (χ3v) is 7.94. The maximum absolute atomic E-state index is 13.9. The second kappa shape index (κ2) is 14.5. The Morgan fingerprint density at radius 1 is 0.933 bits per heavy atom.